The quantitative estimate of drug-likeness (QED) is 0.638. The average Bonchev–Trinajstić information content (AvgIpc) is 2.64. The summed E-state index contributed by atoms with van der Waals surface area (Å²) in [6.45, 7) is 6.55. The summed E-state index contributed by atoms with van der Waals surface area (Å²) in [6.07, 6.45) is 0. The molecule has 0 fully saturated rings. The molecular formula is C13H14N4O4. The molecule has 0 aliphatic heterocycles. The van der Waals surface area contributed by atoms with Crippen LogP contribution in [0.5, 0.6) is 0 Å². The van der Waals surface area contributed by atoms with Gasteiger partial charge in [0.15, 0.2) is 0 Å². The van der Waals surface area contributed by atoms with E-state index < -0.39 is 9.85 Å². The molecule has 0 radical (unpaired) electrons. The van der Waals surface area contributed by atoms with Gasteiger partial charge in [0, 0.05) is 11.6 Å². The van der Waals surface area contributed by atoms with Crippen molar-refractivity contribution in [2.45, 2.75) is 27.7 Å². The van der Waals surface area contributed by atoms with Gasteiger partial charge in [-0.3, -0.25) is 20.2 Å². The van der Waals surface area contributed by atoms with Gasteiger partial charge in [-0.15, -0.1) is 0 Å². The minimum Gasteiger partial charge on any atom is -0.258 e. The Morgan fingerprint density at radius 1 is 1.00 bits per heavy atom. The first-order valence-electron chi connectivity index (χ1n) is 6.20. The zero-order valence-electron chi connectivity index (χ0n) is 12.1. The highest BCUT2D eigenvalue weighted by molar-refractivity contribution is 5.55. The molecule has 1 heterocycles. The minimum atomic E-state index is -0.494. The van der Waals surface area contributed by atoms with Crippen molar-refractivity contribution in [1.29, 1.82) is 0 Å². The summed E-state index contributed by atoms with van der Waals surface area (Å²) in [5, 5.41) is 26.2. The van der Waals surface area contributed by atoms with Crippen molar-refractivity contribution < 1.29 is 9.85 Å². The first-order chi connectivity index (χ1) is 9.73. The topological polar surface area (TPSA) is 104 Å². The minimum absolute atomic E-state index is 0.0363. The number of benzene rings is 1. The molecule has 0 aliphatic rings. The van der Waals surface area contributed by atoms with Crippen LogP contribution in [0.25, 0.3) is 5.69 Å². The standard InChI is InChI=1S/C13H14N4O4/c1-7-5-8(2)12(16(18)19)6-11(7)15-10(4)13(17(20)21)9(3)14-15/h5-6H,1-4H3. The molecule has 1 aromatic heterocycles. The molecule has 8 heteroatoms. The maximum absolute atomic E-state index is 11.0. The van der Waals surface area contributed by atoms with Gasteiger partial charge in [0.05, 0.1) is 15.5 Å². The second-order valence-electron chi connectivity index (χ2n) is 4.87. The van der Waals surface area contributed by atoms with Gasteiger partial charge in [-0.25, -0.2) is 4.68 Å². The van der Waals surface area contributed by atoms with Gasteiger partial charge in [0.25, 0.3) is 5.69 Å². The molecule has 1 aromatic carbocycles. The maximum atomic E-state index is 11.0. The van der Waals surface area contributed by atoms with E-state index in [0.29, 0.717) is 16.9 Å². The van der Waals surface area contributed by atoms with E-state index in [4.69, 9.17) is 0 Å². The molecule has 2 rings (SSSR count). The van der Waals surface area contributed by atoms with Gasteiger partial charge in [0.2, 0.25) is 0 Å². The first kappa shape index (κ1) is 14.6. The molecule has 0 spiro atoms. The van der Waals surface area contributed by atoms with Crippen LogP contribution in [0.15, 0.2) is 12.1 Å². The Morgan fingerprint density at radius 3 is 2.10 bits per heavy atom. The van der Waals surface area contributed by atoms with E-state index in [0.717, 1.165) is 5.56 Å². The fourth-order valence-electron chi connectivity index (χ4n) is 2.39. The Labute approximate surface area is 120 Å². The lowest BCUT2D eigenvalue weighted by Gasteiger charge is -2.09. The number of hydrogen-bond donors (Lipinski definition) is 0. The molecule has 110 valence electrons. The largest absolute Gasteiger partial charge is 0.313 e. The Hall–Kier alpha value is -2.77. The lowest BCUT2D eigenvalue weighted by atomic mass is 10.1. The van der Waals surface area contributed by atoms with Crippen LogP contribution >= 0.6 is 0 Å². The molecule has 0 amide bonds. The van der Waals surface area contributed by atoms with Crippen molar-refractivity contribution in [2.75, 3.05) is 0 Å². The summed E-state index contributed by atoms with van der Waals surface area (Å²) < 4.78 is 1.38. The summed E-state index contributed by atoms with van der Waals surface area (Å²) in [4.78, 5) is 21.1. The SMILES string of the molecule is Cc1cc(C)c([N+](=O)[O-])cc1-n1nc(C)c([N+](=O)[O-])c1C. The highest BCUT2D eigenvalue weighted by atomic mass is 16.6. The van der Waals surface area contributed by atoms with Crippen LogP contribution in [-0.2, 0) is 0 Å². The Balaban J connectivity index is 2.73. The molecule has 0 aliphatic carbocycles. The molecule has 0 bridgehead atoms. The van der Waals surface area contributed by atoms with Crippen LogP contribution < -0.4 is 0 Å². The predicted molar refractivity (Wildman–Crippen MR) is 75.8 cm³/mol. The van der Waals surface area contributed by atoms with Crippen LogP contribution in [-0.4, -0.2) is 19.6 Å². The molecule has 0 saturated carbocycles. The second kappa shape index (κ2) is 4.97. The number of nitro groups is 2. The zero-order chi connectivity index (χ0) is 15.9. The zero-order valence-corrected chi connectivity index (χ0v) is 12.1. The Kier molecular flexibility index (Phi) is 3.46. The van der Waals surface area contributed by atoms with E-state index >= 15 is 0 Å². The Morgan fingerprint density at radius 2 is 1.62 bits per heavy atom. The third-order valence-corrected chi connectivity index (χ3v) is 3.38. The predicted octanol–water partition coefficient (Wildman–Crippen LogP) is 2.92. The summed E-state index contributed by atoms with van der Waals surface area (Å²) in [5.41, 5.74) is 2.29. The van der Waals surface area contributed by atoms with Gasteiger partial charge < -0.3 is 0 Å². The van der Waals surface area contributed by atoms with Crippen LogP contribution in [0, 0.1) is 47.9 Å². The summed E-state index contributed by atoms with van der Waals surface area (Å²) in [7, 11) is 0. The van der Waals surface area contributed by atoms with Crippen molar-refractivity contribution >= 4 is 11.4 Å². The number of aryl methyl sites for hydroxylation is 3. The first-order valence-corrected chi connectivity index (χ1v) is 6.20. The van der Waals surface area contributed by atoms with E-state index in [9.17, 15) is 20.2 Å². The molecule has 21 heavy (non-hydrogen) atoms. The summed E-state index contributed by atoms with van der Waals surface area (Å²) in [6, 6.07) is 3.07. The lowest BCUT2D eigenvalue weighted by Crippen LogP contribution is -2.04. The van der Waals surface area contributed by atoms with Crippen LogP contribution in [0.4, 0.5) is 11.4 Å². The smallest absolute Gasteiger partial charge is 0.258 e. The van der Waals surface area contributed by atoms with E-state index in [1.54, 1.807) is 33.8 Å². The van der Waals surface area contributed by atoms with E-state index in [-0.39, 0.29) is 17.1 Å². The van der Waals surface area contributed by atoms with Crippen molar-refractivity contribution in [3.05, 3.63) is 54.9 Å². The average molecular weight is 290 g/mol. The number of nitro benzene ring substituents is 1. The van der Waals surface area contributed by atoms with Crippen molar-refractivity contribution in [3.63, 3.8) is 0 Å². The van der Waals surface area contributed by atoms with Gasteiger partial charge in [-0.1, -0.05) is 0 Å². The highest BCUT2D eigenvalue weighted by Crippen LogP contribution is 2.29. The number of aromatic nitrogens is 2. The van der Waals surface area contributed by atoms with Gasteiger partial charge in [-0.2, -0.15) is 5.10 Å². The normalized spacial score (nSPS) is 10.7. The molecule has 0 atom stereocenters. The highest BCUT2D eigenvalue weighted by Gasteiger charge is 2.24. The monoisotopic (exact) mass is 290 g/mol. The van der Waals surface area contributed by atoms with Crippen LogP contribution in [0.2, 0.25) is 0 Å². The second-order valence-corrected chi connectivity index (χ2v) is 4.87. The van der Waals surface area contributed by atoms with Crippen molar-refractivity contribution in [1.82, 2.24) is 9.78 Å². The fourth-order valence-corrected chi connectivity index (χ4v) is 2.39. The van der Waals surface area contributed by atoms with Crippen molar-refractivity contribution in [3.8, 4) is 5.69 Å². The summed E-state index contributed by atoms with van der Waals surface area (Å²) in [5.74, 6) is 0. The third kappa shape index (κ3) is 2.35. The van der Waals surface area contributed by atoms with Gasteiger partial charge in [0.1, 0.15) is 11.4 Å². The van der Waals surface area contributed by atoms with Gasteiger partial charge >= 0.3 is 5.69 Å². The van der Waals surface area contributed by atoms with Gasteiger partial charge in [-0.05, 0) is 39.3 Å². The molecule has 0 unspecified atom stereocenters. The third-order valence-electron chi connectivity index (χ3n) is 3.38. The molecule has 2 aromatic rings. The van der Waals surface area contributed by atoms with E-state index in [1.807, 2.05) is 0 Å². The molecule has 8 nitrogen and oxygen atoms in total. The molecular weight excluding hydrogens is 276 g/mol. The number of rotatable bonds is 3. The molecule has 0 N–H and O–H groups in total. The number of nitrogens with zero attached hydrogens (tertiary/aromatic N) is 4. The van der Waals surface area contributed by atoms with E-state index in [1.165, 1.54) is 10.7 Å². The van der Waals surface area contributed by atoms with Crippen molar-refractivity contribution in [2.24, 2.45) is 0 Å². The fraction of sp³-hybridized carbons (Fsp3) is 0.308. The van der Waals surface area contributed by atoms with Crippen LogP contribution in [0.1, 0.15) is 22.5 Å². The number of hydrogen-bond acceptors (Lipinski definition) is 5. The maximum Gasteiger partial charge on any atom is 0.313 e. The Bertz CT molecular complexity index is 764. The summed E-state index contributed by atoms with van der Waals surface area (Å²) >= 11 is 0. The van der Waals surface area contributed by atoms with E-state index in [2.05, 4.69) is 5.10 Å². The lowest BCUT2D eigenvalue weighted by molar-refractivity contribution is -0.386. The van der Waals surface area contributed by atoms with Crippen LogP contribution in [0.3, 0.4) is 0 Å². The molecule has 0 saturated heterocycles.